The summed E-state index contributed by atoms with van der Waals surface area (Å²) in [6, 6.07) is 11.3. The van der Waals surface area contributed by atoms with Gasteiger partial charge in [0.1, 0.15) is 0 Å². The Hall–Kier alpha value is -0.610. The summed E-state index contributed by atoms with van der Waals surface area (Å²) in [7, 11) is 0. The highest BCUT2D eigenvalue weighted by molar-refractivity contribution is 9.24. The lowest BCUT2D eigenvalue weighted by Crippen LogP contribution is -2.32. The van der Waals surface area contributed by atoms with E-state index in [0.29, 0.717) is 11.2 Å². The molecule has 0 amide bonds. The van der Waals surface area contributed by atoms with Crippen LogP contribution >= 0.6 is 31.9 Å². The standard InChI is InChI=1S/C10H7Br2NO/c11-10(12)9-6-5-7-3-1-2-4-8(7)13(9)14/h1-6,10H. The minimum absolute atomic E-state index is 0.114. The molecule has 72 valence electrons. The molecule has 0 saturated carbocycles. The fraction of sp³-hybridized carbons (Fsp3) is 0.100. The second kappa shape index (κ2) is 3.87. The third kappa shape index (κ3) is 1.64. The number of nitrogens with zero attached hydrogens (tertiary/aromatic N) is 1. The highest BCUT2D eigenvalue weighted by Gasteiger charge is 2.15. The molecule has 0 atom stereocenters. The van der Waals surface area contributed by atoms with Gasteiger partial charge in [0.05, 0.1) is 0 Å². The van der Waals surface area contributed by atoms with E-state index in [9.17, 15) is 5.21 Å². The number of fused-ring (bicyclic) bond motifs is 1. The number of hydrogen-bond acceptors (Lipinski definition) is 1. The number of pyridine rings is 1. The Morgan fingerprint density at radius 3 is 2.50 bits per heavy atom. The predicted molar refractivity (Wildman–Crippen MR) is 63.5 cm³/mol. The Balaban J connectivity index is 2.75. The molecule has 2 aromatic rings. The molecule has 1 heterocycles. The summed E-state index contributed by atoms with van der Waals surface area (Å²) in [5.41, 5.74) is 1.35. The summed E-state index contributed by atoms with van der Waals surface area (Å²) in [4.78, 5) is 0. The van der Waals surface area contributed by atoms with Crippen molar-refractivity contribution in [2.45, 2.75) is 3.74 Å². The van der Waals surface area contributed by atoms with E-state index in [4.69, 9.17) is 0 Å². The van der Waals surface area contributed by atoms with Crippen LogP contribution in [0.15, 0.2) is 36.4 Å². The fourth-order valence-corrected chi connectivity index (χ4v) is 2.03. The van der Waals surface area contributed by atoms with Crippen molar-refractivity contribution < 1.29 is 4.73 Å². The van der Waals surface area contributed by atoms with Crippen molar-refractivity contribution in [2.75, 3.05) is 0 Å². The van der Waals surface area contributed by atoms with Gasteiger partial charge in [-0.1, -0.05) is 44.0 Å². The highest BCUT2D eigenvalue weighted by atomic mass is 79.9. The SMILES string of the molecule is [O-][n+]1c(C(Br)Br)ccc2ccccc21. The van der Waals surface area contributed by atoms with Crippen LogP contribution in [-0.2, 0) is 0 Å². The van der Waals surface area contributed by atoms with Gasteiger partial charge in [0.25, 0.3) is 0 Å². The summed E-state index contributed by atoms with van der Waals surface area (Å²) < 4.78 is 0.820. The van der Waals surface area contributed by atoms with Crippen LogP contribution in [0.1, 0.15) is 9.43 Å². The number of alkyl halides is 2. The van der Waals surface area contributed by atoms with Crippen molar-refractivity contribution in [2.24, 2.45) is 0 Å². The zero-order valence-corrected chi connectivity index (χ0v) is 10.3. The Morgan fingerprint density at radius 1 is 1.07 bits per heavy atom. The van der Waals surface area contributed by atoms with Crippen LogP contribution in [0.3, 0.4) is 0 Å². The topological polar surface area (TPSA) is 26.9 Å². The molecule has 0 aliphatic heterocycles. The second-order valence-corrected chi connectivity index (χ2v) is 5.97. The van der Waals surface area contributed by atoms with E-state index in [1.165, 1.54) is 0 Å². The average Bonchev–Trinajstić information content (AvgIpc) is 2.18. The van der Waals surface area contributed by atoms with E-state index >= 15 is 0 Å². The summed E-state index contributed by atoms with van der Waals surface area (Å²) in [6.07, 6.45) is 0. The summed E-state index contributed by atoms with van der Waals surface area (Å²) in [6.45, 7) is 0. The average molecular weight is 317 g/mol. The van der Waals surface area contributed by atoms with Crippen LogP contribution < -0.4 is 4.73 Å². The maximum atomic E-state index is 11.8. The molecule has 0 spiro atoms. The number of aromatic nitrogens is 1. The third-order valence-corrected chi connectivity index (χ3v) is 2.99. The van der Waals surface area contributed by atoms with E-state index in [0.717, 1.165) is 10.1 Å². The van der Waals surface area contributed by atoms with Gasteiger partial charge < -0.3 is 5.21 Å². The fourth-order valence-electron chi connectivity index (χ4n) is 1.36. The lowest BCUT2D eigenvalue weighted by atomic mass is 10.2. The van der Waals surface area contributed by atoms with Gasteiger partial charge in [-0.15, -0.1) is 0 Å². The van der Waals surface area contributed by atoms with Crippen molar-refractivity contribution in [1.29, 1.82) is 0 Å². The van der Waals surface area contributed by atoms with E-state index in [-0.39, 0.29) is 3.74 Å². The van der Waals surface area contributed by atoms with E-state index in [1.807, 2.05) is 36.4 Å². The first-order chi connectivity index (χ1) is 6.70. The smallest absolute Gasteiger partial charge is 0.224 e. The Labute approximate surface area is 98.4 Å². The summed E-state index contributed by atoms with van der Waals surface area (Å²) in [5, 5.41) is 12.8. The van der Waals surface area contributed by atoms with Gasteiger partial charge >= 0.3 is 0 Å². The molecule has 0 fully saturated rings. The Morgan fingerprint density at radius 2 is 1.79 bits per heavy atom. The largest absolute Gasteiger partial charge is 0.618 e. The van der Waals surface area contributed by atoms with Gasteiger partial charge in [-0.2, -0.15) is 4.73 Å². The van der Waals surface area contributed by atoms with Crippen LogP contribution in [0, 0.1) is 5.21 Å². The van der Waals surface area contributed by atoms with E-state index in [1.54, 1.807) is 0 Å². The van der Waals surface area contributed by atoms with Crippen molar-refractivity contribution in [3.63, 3.8) is 0 Å². The molecule has 0 aliphatic rings. The van der Waals surface area contributed by atoms with Crippen LogP contribution in [-0.4, -0.2) is 0 Å². The number of hydrogen-bond donors (Lipinski definition) is 0. The number of halogens is 2. The predicted octanol–water partition coefficient (Wildman–Crippen LogP) is 3.26. The van der Waals surface area contributed by atoms with Crippen molar-refractivity contribution in [1.82, 2.24) is 0 Å². The Bertz CT molecular complexity index is 471. The van der Waals surface area contributed by atoms with Crippen LogP contribution in [0.5, 0.6) is 0 Å². The van der Waals surface area contributed by atoms with Gasteiger partial charge in [-0.25, -0.2) is 0 Å². The molecular formula is C10H7Br2NO. The number of para-hydroxylation sites is 1. The van der Waals surface area contributed by atoms with Gasteiger partial charge in [-0.3, -0.25) is 0 Å². The molecule has 2 rings (SSSR count). The second-order valence-electron chi connectivity index (χ2n) is 2.91. The third-order valence-electron chi connectivity index (χ3n) is 2.05. The molecule has 0 saturated heterocycles. The van der Waals surface area contributed by atoms with Crippen LogP contribution in [0.25, 0.3) is 10.9 Å². The molecule has 0 bridgehead atoms. The normalized spacial score (nSPS) is 11.1. The minimum Gasteiger partial charge on any atom is -0.618 e. The van der Waals surface area contributed by atoms with Crippen molar-refractivity contribution in [3.8, 4) is 0 Å². The van der Waals surface area contributed by atoms with E-state index < -0.39 is 0 Å². The maximum absolute atomic E-state index is 11.8. The molecule has 1 aromatic carbocycles. The summed E-state index contributed by atoms with van der Waals surface area (Å²) >= 11 is 6.63. The summed E-state index contributed by atoms with van der Waals surface area (Å²) in [5.74, 6) is 0. The molecule has 0 unspecified atom stereocenters. The quantitative estimate of drug-likeness (QED) is 0.451. The number of benzene rings is 1. The van der Waals surface area contributed by atoms with Gasteiger partial charge in [-0.05, 0) is 12.1 Å². The van der Waals surface area contributed by atoms with Crippen LogP contribution in [0.4, 0.5) is 0 Å². The maximum Gasteiger partial charge on any atom is 0.224 e. The molecule has 0 N–H and O–H groups in total. The molecular weight excluding hydrogens is 310 g/mol. The monoisotopic (exact) mass is 315 g/mol. The van der Waals surface area contributed by atoms with Crippen molar-refractivity contribution in [3.05, 3.63) is 47.3 Å². The molecule has 14 heavy (non-hydrogen) atoms. The zero-order chi connectivity index (χ0) is 10.1. The first-order valence-electron chi connectivity index (χ1n) is 4.09. The molecule has 0 radical (unpaired) electrons. The van der Waals surface area contributed by atoms with Crippen molar-refractivity contribution >= 4 is 42.8 Å². The van der Waals surface area contributed by atoms with E-state index in [2.05, 4.69) is 31.9 Å². The lowest BCUT2D eigenvalue weighted by molar-refractivity contribution is -0.584. The molecule has 4 heteroatoms. The van der Waals surface area contributed by atoms with Gasteiger partial charge in [0.2, 0.25) is 11.2 Å². The molecule has 1 aromatic heterocycles. The first-order valence-corrected chi connectivity index (χ1v) is 5.92. The van der Waals surface area contributed by atoms with Gasteiger partial charge in [0.15, 0.2) is 3.74 Å². The molecule has 0 aliphatic carbocycles. The lowest BCUT2D eigenvalue weighted by Gasteiger charge is -2.07. The number of rotatable bonds is 1. The highest BCUT2D eigenvalue weighted by Crippen LogP contribution is 2.27. The first kappa shape index (κ1) is 9.93. The minimum atomic E-state index is -0.114. The molecule has 2 nitrogen and oxygen atoms in total. The Kier molecular flexibility index (Phi) is 2.74. The van der Waals surface area contributed by atoms with Gasteiger partial charge in [0, 0.05) is 17.5 Å². The zero-order valence-electron chi connectivity index (χ0n) is 7.15. The van der Waals surface area contributed by atoms with Crippen LogP contribution in [0.2, 0.25) is 0 Å².